The number of carbonyl (C=O) groups is 1. The summed E-state index contributed by atoms with van der Waals surface area (Å²) in [5.41, 5.74) is 0.540. The number of rotatable bonds is 4. The molecule has 0 aromatic heterocycles. The van der Waals surface area contributed by atoms with E-state index in [9.17, 15) is 4.79 Å². The minimum Gasteiger partial charge on any atom is -0.355 e. The van der Waals surface area contributed by atoms with Gasteiger partial charge in [0, 0.05) is 13.1 Å². The molecule has 1 spiro atoms. The van der Waals surface area contributed by atoms with Crippen molar-refractivity contribution in [3.8, 4) is 0 Å². The Labute approximate surface area is 111 Å². The maximum Gasteiger partial charge on any atom is 0.237 e. The van der Waals surface area contributed by atoms with Gasteiger partial charge in [0.25, 0.3) is 0 Å². The van der Waals surface area contributed by atoms with Crippen molar-refractivity contribution in [1.82, 2.24) is 10.2 Å². The van der Waals surface area contributed by atoms with E-state index >= 15 is 0 Å². The van der Waals surface area contributed by atoms with Crippen LogP contribution in [0.3, 0.4) is 0 Å². The van der Waals surface area contributed by atoms with Gasteiger partial charge >= 0.3 is 0 Å². The second kappa shape index (κ2) is 5.60. The van der Waals surface area contributed by atoms with E-state index in [0.29, 0.717) is 5.41 Å². The molecule has 18 heavy (non-hydrogen) atoms. The highest BCUT2D eigenvalue weighted by molar-refractivity contribution is 5.81. The highest BCUT2D eigenvalue weighted by atomic mass is 16.2. The number of nitrogens with zero attached hydrogens (tertiary/aromatic N) is 1. The Balaban J connectivity index is 1.86. The van der Waals surface area contributed by atoms with E-state index in [1.54, 1.807) is 0 Å². The van der Waals surface area contributed by atoms with Gasteiger partial charge in [-0.1, -0.05) is 20.3 Å². The van der Waals surface area contributed by atoms with Crippen molar-refractivity contribution in [2.45, 2.75) is 58.9 Å². The van der Waals surface area contributed by atoms with E-state index < -0.39 is 0 Å². The summed E-state index contributed by atoms with van der Waals surface area (Å²) in [5, 5.41) is 3.02. The molecule has 2 fully saturated rings. The Morgan fingerprint density at radius 3 is 2.89 bits per heavy atom. The largest absolute Gasteiger partial charge is 0.355 e. The van der Waals surface area contributed by atoms with Crippen LogP contribution in [-0.4, -0.2) is 36.5 Å². The Bertz CT molecular complexity index is 305. The molecule has 1 heterocycles. The average Bonchev–Trinajstić information content (AvgIpc) is 2.93. The fourth-order valence-corrected chi connectivity index (χ4v) is 3.73. The summed E-state index contributed by atoms with van der Waals surface area (Å²) in [5.74, 6) is 1.09. The van der Waals surface area contributed by atoms with Gasteiger partial charge in [-0.25, -0.2) is 0 Å². The number of carbonyl (C=O) groups excluding carboxylic acids is 1. The van der Waals surface area contributed by atoms with E-state index in [0.717, 1.165) is 32.0 Å². The summed E-state index contributed by atoms with van der Waals surface area (Å²) < 4.78 is 0. The summed E-state index contributed by atoms with van der Waals surface area (Å²) in [6, 6.07) is 0.0480. The smallest absolute Gasteiger partial charge is 0.237 e. The first-order valence-electron chi connectivity index (χ1n) is 7.58. The molecule has 1 aliphatic heterocycles. The third-order valence-corrected chi connectivity index (χ3v) is 4.89. The number of hydrogen-bond donors (Lipinski definition) is 1. The predicted molar refractivity (Wildman–Crippen MR) is 74.4 cm³/mol. The molecule has 0 aromatic carbocycles. The van der Waals surface area contributed by atoms with Crippen molar-refractivity contribution in [3.05, 3.63) is 0 Å². The van der Waals surface area contributed by atoms with Gasteiger partial charge in [0.1, 0.15) is 0 Å². The van der Waals surface area contributed by atoms with Crippen LogP contribution in [0, 0.1) is 11.3 Å². The molecule has 3 nitrogen and oxygen atoms in total. The van der Waals surface area contributed by atoms with Gasteiger partial charge in [0.05, 0.1) is 6.04 Å². The summed E-state index contributed by atoms with van der Waals surface area (Å²) in [6.45, 7) is 9.57. The summed E-state index contributed by atoms with van der Waals surface area (Å²) in [4.78, 5) is 14.4. The Morgan fingerprint density at radius 1 is 1.50 bits per heavy atom. The second-order valence-electron chi connectivity index (χ2n) is 6.54. The minimum absolute atomic E-state index is 0.0480. The van der Waals surface area contributed by atoms with Crippen LogP contribution in [0.25, 0.3) is 0 Å². The fourth-order valence-electron chi connectivity index (χ4n) is 3.73. The van der Waals surface area contributed by atoms with E-state index in [4.69, 9.17) is 0 Å². The highest BCUT2D eigenvalue weighted by Crippen LogP contribution is 2.48. The molecule has 104 valence electrons. The standard InChI is InChI=1S/C15H28N2O/c1-4-8-16-14(18)13(3)17-9-7-15(11-17)6-5-12(2)10-15/h12-13H,4-11H2,1-3H3,(H,16,18). The van der Waals surface area contributed by atoms with Gasteiger partial charge in [-0.05, 0) is 50.5 Å². The Hall–Kier alpha value is -0.570. The van der Waals surface area contributed by atoms with Gasteiger partial charge in [0.15, 0.2) is 0 Å². The third-order valence-electron chi connectivity index (χ3n) is 4.89. The van der Waals surface area contributed by atoms with Crippen LogP contribution < -0.4 is 5.32 Å². The van der Waals surface area contributed by atoms with Crippen LogP contribution in [0.15, 0.2) is 0 Å². The van der Waals surface area contributed by atoms with Crippen molar-refractivity contribution < 1.29 is 4.79 Å². The molecule has 2 rings (SSSR count). The quantitative estimate of drug-likeness (QED) is 0.833. The van der Waals surface area contributed by atoms with Gasteiger partial charge in [0.2, 0.25) is 5.91 Å². The Morgan fingerprint density at radius 2 is 2.28 bits per heavy atom. The van der Waals surface area contributed by atoms with Crippen molar-refractivity contribution in [2.24, 2.45) is 11.3 Å². The van der Waals surface area contributed by atoms with Crippen molar-refractivity contribution in [2.75, 3.05) is 19.6 Å². The normalized spacial score (nSPS) is 34.1. The maximum absolute atomic E-state index is 12.0. The van der Waals surface area contributed by atoms with Crippen LogP contribution in [0.5, 0.6) is 0 Å². The van der Waals surface area contributed by atoms with Crippen molar-refractivity contribution in [3.63, 3.8) is 0 Å². The van der Waals surface area contributed by atoms with E-state index in [2.05, 4.69) is 31.0 Å². The number of amides is 1. The first kappa shape index (κ1) is 13.9. The van der Waals surface area contributed by atoms with Crippen LogP contribution in [0.1, 0.15) is 52.9 Å². The van der Waals surface area contributed by atoms with Gasteiger partial charge < -0.3 is 5.32 Å². The number of likely N-dealkylation sites (tertiary alicyclic amines) is 1. The highest BCUT2D eigenvalue weighted by Gasteiger charge is 2.44. The van der Waals surface area contributed by atoms with Crippen molar-refractivity contribution in [1.29, 1.82) is 0 Å². The third kappa shape index (κ3) is 2.87. The molecule has 3 unspecified atom stereocenters. The number of nitrogens with one attached hydrogen (secondary N) is 1. The van der Waals surface area contributed by atoms with E-state index in [1.165, 1.54) is 25.7 Å². The molecule has 1 amide bonds. The van der Waals surface area contributed by atoms with Crippen LogP contribution in [-0.2, 0) is 4.79 Å². The van der Waals surface area contributed by atoms with Crippen LogP contribution in [0.2, 0.25) is 0 Å². The molecular weight excluding hydrogens is 224 g/mol. The lowest BCUT2D eigenvalue weighted by molar-refractivity contribution is -0.125. The van der Waals surface area contributed by atoms with Gasteiger partial charge in [-0.2, -0.15) is 0 Å². The summed E-state index contributed by atoms with van der Waals surface area (Å²) >= 11 is 0. The lowest BCUT2D eigenvalue weighted by Gasteiger charge is -2.27. The fraction of sp³-hybridized carbons (Fsp3) is 0.933. The first-order chi connectivity index (χ1) is 8.56. The zero-order valence-electron chi connectivity index (χ0n) is 12.2. The molecule has 0 bridgehead atoms. The van der Waals surface area contributed by atoms with E-state index in [-0.39, 0.29) is 11.9 Å². The van der Waals surface area contributed by atoms with Crippen LogP contribution >= 0.6 is 0 Å². The molecule has 0 aromatic rings. The van der Waals surface area contributed by atoms with Crippen molar-refractivity contribution >= 4 is 5.91 Å². The SMILES string of the molecule is CCCNC(=O)C(C)N1CCC2(CCC(C)C2)C1. The second-order valence-corrected chi connectivity index (χ2v) is 6.54. The monoisotopic (exact) mass is 252 g/mol. The topological polar surface area (TPSA) is 32.3 Å². The van der Waals surface area contributed by atoms with Crippen LogP contribution in [0.4, 0.5) is 0 Å². The minimum atomic E-state index is 0.0480. The molecule has 3 heteroatoms. The lowest BCUT2D eigenvalue weighted by Crippen LogP contribution is -2.44. The zero-order valence-corrected chi connectivity index (χ0v) is 12.2. The molecular formula is C15H28N2O. The predicted octanol–water partition coefficient (Wildman–Crippen LogP) is 2.41. The average molecular weight is 252 g/mol. The molecule has 1 aliphatic carbocycles. The molecule has 1 saturated heterocycles. The van der Waals surface area contributed by atoms with Gasteiger partial charge in [-0.3, -0.25) is 9.69 Å². The molecule has 2 aliphatic rings. The summed E-state index contributed by atoms with van der Waals surface area (Å²) in [7, 11) is 0. The number of hydrogen-bond acceptors (Lipinski definition) is 2. The van der Waals surface area contributed by atoms with E-state index in [1.807, 2.05) is 0 Å². The molecule has 1 N–H and O–H groups in total. The zero-order chi connectivity index (χ0) is 13.2. The van der Waals surface area contributed by atoms with Gasteiger partial charge in [-0.15, -0.1) is 0 Å². The molecule has 3 atom stereocenters. The first-order valence-corrected chi connectivity index (χ1v) is 7.58. The maximum atomic E-state index is 12.0. The molecule has 1 saturated carbocycles. The summed E-state index contributed by atoms with van der Waals surface area (Å²) in [6.07, 6.45) is 6.42. The Kier molecular flexibility index (Phi) is 4.31. The molecule has 0 radical (unpaired) electrons. The lowest BCUT2D eigenvalue weighted by atomic mass is 9.85.